The molecule has 0 bridgehead atoms. The Morgan fingerprint density at radius 2 is 1.78 bits per heavy atom. The van der Waals surface area contributed by atoms with E-state index in [1.807, 2.05) is 18.2 Å². The summed E-state index contributed by atoms with van der Waals surface area (Å²) in [5.74, 6) is -0.349. The van der Waals surface area contributed by atoms with Crippen LogP contribution in [0.2, 0.25) is 0 Å². The van der Waals surface area contributed by atoms with Gasteiger partial charge in [-0.3, -0.25) is 0 Å². The fourth-order valence-corrected chi connectivity index (χ4v) is 2.34. The lowest BCUT2D eigenvalue weighted by molar-refractivity contribution is 0.0601. The van der Waals surface area contributed by atoms with Gasteiger partial charge in [-0.2, -0.15) is 0 Å². The lowest BCUT2D eigenvalue weighted by Crippen LogP contribution is -2.29. The first-order valence-electron chi connectivity index (χ1n) is 7.46. The van der Waals surface area contributed by atoms with E-state index < -0.39 is 0 Å². The van der Waals surface area contributed by atoms with Crippen LogP contribution in [0.4, 0.5) is 5.69 Å². The van der Waals surface area contributed by atoms with Crippen molar-refractivity contribution < 1.29 is 9.53 Å². The molecule has 0 fully saturated rings. The Morgan fingerprint density at radius 1 is 1.09 bits per heavy atom. The number of anilines is 1. The molecular weight excluding hydrogens is 308 g/mol. The Labute approximate surface area is 141 Å². The molecule has 0 unspecified atom stereocenters. The van der Waals surface area contributed by atoms with Crippen LogP contribution in [0.1, 0.15) is 22.3 Å². The zero-order valence-electron chi connectivity index (χ0n) is 13.0. The third-order valence-electron chi connectivity index (χ3n) is 3.33. The molecule has 0 aliphatic rings. The number of methoxy groups -OCH3 is 1. The molecule has 0 heterocycles. The zero-order valence-corrected chi connectivity index (χ0v) is 13.9. The van der Waals surface area contributed by atoms with Gasteiger partial charge in [0.2, 0.25) is 0 Å². The highest BCUT2D eigenvalue weighted by Crippen LogP contribution is 2.10. The van der Waals surface area contributed by atoms with Crippen LogP contribution in [0, 0.1) is 0 Å². The van der Waals surface area contributed by atoms with E-state index in [-0.39, 0.29) is 5.97 Å². The Kier molecular flexibility index (Phi) is 6.56. The highest BCUT2D eigenvalue weighted by molar-refractivity contribution is 7.80. The molecule has 0 saturated carbocycles. The summed E-state index contributed by atoms with van der Waals surface area (Å²) in [4.78, 5) is 11.4. The molecule has 5 heteroatoms. The van der Waals surface area contributed by atoms with Crippen LogP contribution in [0.25, 0.3) is 0 Å². The Hall–Kier alpha value is -2.40. The summed E-state index contributed by atoms with van der Waals surface area (Å²) in [5.41, 5.74) is 2.67. The molecule has 120 valence electrons. The Bertz CT molecular complexity index is 642. The number of aryl methyl sites for hydroxylation is 1. The molecule has 0 saturated heterocycles. The molecule has 0 aliphatic heterocycles. The van der Waals surface area contributed by atoms with Gasteiger partial charge < -0.3 is 15.4 Å². The van der Waals surface area contributed by atoms with Crippen molar-refractivity contribution in [3.05, 3.63) is 65.7 Å². The number of carbonyl (C=O) groups excluding carboxylic acids is 1. The first kappa shape index (κ1) is 17.0. The van der Waals surface area contributed by atoms with E-state index in [1.54, 1.807) is 24.3 Å². The van der Waals surface area contributed by atoms with Crippen LogP contribution in [0.3, 0.4) is 0 Å². The molecule has 0 radical (unpaired) electrons. The minimum absolute atomic E-state index is 0.349. The minimum Gasteiger partial charge on any atom is -0.465 e. The molecule has 2 N–H and O–H groups in total. The van der Waals surface area contributed by atoms with Gasteiger partial charge in [0.25, 0.3) is 0 Å². The Morgan fingerprint density at radius 3 is 2.43 bits per heavy atom. The maximum absolute atomic E-state index is 11.4. The third-order valence-corrected chi connectivity index (χ3v) is 3.58. The van der Waals surface area contributed by atoms with Gasteiger partial charge in [0.1, 0.15) is 0 Å². The number of nitrogens with one attached hydrogen (secondary N) is 2. The minimum atomic E-state index is -0.349. The van der Waals surface area contributed by atoms with E-state index in [2.05, 4.69) is 27.5 Å². The van der Waals surface area contributed by atoms with Gasteiger partial charge in [0.15, 0.2) is 5.11 Å². The topological polar surface area (TPSA) is 50.4 Å². The maximum Gasteiger partial charge on any atom is 0.337 e. The quantitative estimate of drug-likeness (QED) is 0.484. The van der Waals surface area contributed by atoms with Crippen molar-refractivity contribution in [3.8, 4) is 0 Å². The average Bonchev–Trinajstić information content (AvgIpc) is 2.59. The van der Waals surface area contributed by atoms with Gasteiger partial charge in [-0.05, 0) is 54.9 Å². The molecule has 0 spiro atoms. The number of hydrogen-bond acceptors (Lipinski definition) is 3. The number of thiocarbonyl (C=S) groups is 1. The summed E-state index contributed by atoms with van der Waals surface area (Å²) in [6.07, 6.45) is 2.03. The second-order valence-electron chi connectivity index (χ2n) is 5.04. The number of ether oxygens (including phenoxy) is 1. The van der Waals surface area contributed by atoms with Crippen molar-refractivity contribution in [2.24, 2.45) is 0 Å². The Balaban J connectivity index is 1.71. The van der Waals surface area contributed by atoms with Crippen molar-refractivity contribution in [2.45, 2.75) is 12.8 Å². The second-order valence-corrected chi connectivity index (χ2v) is 5.45. The fraction of sp³-hybridized carbons (Fsp3) is 0.222. The predicted octanol–water partition coefficient (Wildman–Crippen LogP) is 3.39. The molecular formula is C18H20N2O2S. The van der Waals surface area contributed by atoms with Gasteiger partial charge >= 0.3 is 5.97 Å². The van der Waals surface area contributed by atoms with Gasteiger partial charge in [-0.15, -0.1) is 0 Å². The van der Waals surface area contributed by atoms with E-state index in [1.165, 1.54) is 12.7 Å². The van der Waals surface area contributed by atoms with Crippen molar-refractivity contribution in [2.75, 3.05) is 19.0 Å². The molecule has 0 aromatic heterocycles. The molecule has 2 aromatic rings. The second kappa shape index (κ2) is 8.90. The molecule has 0 amide bonds. The number of esters is 1. The number of carbonyl (C=O) groups is 1. The zero-order chi connectivity index (χ0) is 16.5. The lowest BCUT2D eigenvalue weighted by atomic mass is 10.1. The lowest BCUT2D eigenvalue weighted by Gasteiger charge is -2.11. The van der Waals surface area contributed by atoms with Crippen molar-refractivity contribution in [1.29, 1.82) is 0 Å². The molecule has 2 rings (SSSR count). The summed E-state index contributed by atoms with van der Waals surface area (Å²) in [6, 6.07) is 17.4. The number of benzene rings is 2. The van der Waals surface area contributed by atoms with Crippen LogP contribution in [0.5, 0.6) is 0 Å². The average molecular weight is 328 g/mol. The van der Waals surface area contributed by atoms with Gasteiger partial charge in [-0.25, -0.2) is 4.79 Å². The smallest absolute Gasteiger partial charge is 0.337 e. The largest absolute Gasteiger partial charge is 0.465 e. The van der Waals surface area contributed by atoms with E-state index >= 15 is 0 Å². The summed E-state index contributed by atoms with van der Waals surface area (Å²) in [7, 11) is 1.36. The molecule has 0 aliphatic carbocycles. The van der Waals surface area contributed by atoms with Crippen LogP contribution < -0.4 is 10.6 Å². The van der Waals surface area contributed by atoms with Crippen LogP contribution >= 0.6 is 12.2 Å². The molecule has 4 nitrogen and oxygen atoms in total. The fourth-order valence-electron chi connectivity index (χ4n) is 2.12. The molecule has 0 atom stereocenters. The first-order chi connectivity index (χ1) is 11.2. The maximum atomic E-state index is 11.4. The highest BCUT2D eigenvalue weighted by atomic mass is 32.1. The van der Waals surface area contributed by atoms with E-state index in [9.17, 15) is 4.79 Å². The monoisotopic (exact) mass is 328 g/mol. The predicted molar refractivity (Wildman–Crippen MR) is 96.8 cm³/mol. The van der Waals surface area contributed by atoms with E-state index in [0.717, 1.165) is 25.1 Å². The van der Waals surface area contributed by atoms with Gasteiger partial charge in [-0.1, -0.05) is 30.3 Å². The molecule has 2 aromatic carbocycles. The normalized spacial score (nSPS) is 9.96. The van der Waals surface area contributed by atoms with Gasteiger partial charge in [0.05, 0.1) is 12.7 Å². The van der Waals surface area contributed by atoms with Crippen molar-refractivity contribution in [1.82, 2.24) is 5.32 Å². The highest BCUT2D eigenvalue weighted by Gasteiger charge is 2.04. The number of hydrogen-bond donors (Lipinski definition) is 2. The van der Waals surface area contributed by atoms with E-state index in [0.29, 0.717) is 10.7 Å². The van der Waals surface area contributed by atoms with Gasteiger partial charge in [0, 0.05) is 12.2 Å². The number of rotatable bonds is 6. The summed E-state index contributed by atoms with van der Waals surface area (Å²) >= 11 is 5.26. The summed E-state index contributed by atoms with van der Waals surface area (Å²) in [5, 5.41) is 6.84. The summed E-state index contributed by atoms with van der Waals surface area (Å²) < 4.78 is 4.66. The standard InChI is InChI=1S/C18H20N2O2S/c1-22-17(21)15-9-11-16(12-10-15)20-18(23)19-13-5-8-14-6-3-2-4-7-14/h2-4,6-7,9-12H,5,8,13H2,1H3,(H2,19,20,23). The van der Waals surface area contributed by atoms with Crippen molar-refractivity contribution >= 4 is 29.0 Å². The van der Waals surface area contributed by atoms with E-state index in [4.69, 9.17) is 12.2 Å². The first-order valence-corrected chi connectivity index (χ1v) is 7.87. The van der Waals surface area contributed by atoms with Crippen LogP contribution in [-0.4, -0.2) is 24.7 Å². The molecule has 23 heavy (non-hydrogen) atoms. The van der Waals surface area contributed by atoms with Crippen LogP contribution in [0.15, 0.2) is 54.6 Å². The van der Waals surface area contributed by atoms with Crippen molar-refractivity contribution in [3.63, 3.8) is 0 Å². The third kappa shape index (κ3) is 5.71. The van der Waals surface area contributed by atoms with Crippen LogP contribution in [-0.2, 0) is 11.2 Å². The SMILES string of the molecule is COC(=O)c1ccc(NC(=S)NCCCc2ccccc2)cc1. The summed E-state index contributed by atoms with van der Waals surface area (Å²) in [6.45, 7) is 0.807.